The molecule has 0 radical (unpaired) electrons. The van der Waals surface area contributed by atoms with Gasteiger partial charge in [0.25, 0.3) is 5.91 Å². The van der Waals surface area contributed by atoms with E-state index in [4.69, 9.17) is 14.2 Å². The monoisotopic (exact) mass is 588 g/mol. The maximum absolute atomic E-state index is 12.9. The van der Waals surface area contributed by atoms with Crippen LogP contribution in [0.1, 0.15) is 57.5 Å². The molecule has 2 amide bonds. The SMILES string of the molecule is CC(C)[C@H](NC(=O)OC(C)(C)C)C(=O)OC[C@@H](C)NC(=O)c1ccc2c(Oc3ccc(C(F)(F)F)cc3)cccc2c1. The summed E-state index contributed by atoms with van der Waals surface area (Å²) in [5, 5.41) is 6.65. The summed E-state index contributed by atoms with van der Waals surface area (Å²) < 4.78 is 54.9. The first-order valence-electron chi connectivity index (χ1n) is 13.4. The van der Waals surface area contributed by atoms with Crippen LogP contribution in [-0.4, -0.2) is 42.3 Å². The summed E-state index contributed by atoms with van der Waals surface area (Å²) >= 11 is 0. The number of amides is 2. The Labute approximate surface area is 242 Å². The molecule has 3 rings (SSSR count). The minimum absolute atomic E-state index is 0.123. The van der Waals surface area contributed by atoms with E-state index in [1.807, 2.05) is 0 Å². The predicted molar refractivity (Wildman–Crippen MR) is 151 cm³/mol. The number of carbonyl (C=O) groups is 3. The molecule has 8 nitrogen and oxygen atoms in total. The summed E-state index contributed by atoms with van der Waals surface area (Å²) in [6.07, 6.45) is -5.17. The van der Waals surface area contributed by atoms with Crippen LogP contribution in [0.5, 0.6) is 11.5 Å². The molecule has 3 aromatic carbocycles. The fourth-order valence-corrected chi connectivity index (χ4v) is 3.90. The molecule has 0 aliphatic heterocycles. The Balaban J connectivity index is 1.61. The Morgan fingerprint density at radius 3 is 2.14 bits per heavy atom. The van der Waals surface area contributed by atoms with E-state index in [0.29, 0.717) is 22.1 Å². The third-order valence-corrected chi connectivity index (χ3v) is 5.96. The van der Waals surface area contributed by atoms with Crippen LogP contribution in [0.15, 0.2) is 60.7 Å². The van der Waals surface area contributed by atoms with Crippen molar-refractivity contribution in [3.8, 4) is 11.5 Å². The first-order valence-corrected chi connectivity index (χ1v) is 13.4. The van der Waals surface area contributed by atoms with Crippen molar-refractivity contribution in [2.45, 2.75) is 65.4 Å². The van der Waals surface area contributed by atoms with Crippen molar-refractivity contribution in [3.05, 3.63) is 71.8 Å². The summed E-state index contributed by atoms with van der Waals surface area (Å²) in [6.45, 7) is 10.2. The van der Waals surface area contributed by atoms with E-state index in [1.54, 1.807) is 77.9 Å². The number of halogens is 3. The first kappa shape index (κ1) is 32.2. The largest absolute Gasteiger partial charge is 0.462 e. The number of hydrogen-bond acceptors (Lipinski definition) is 6. The highest BCUT2D eigenvalue weighted by molar-refractivity contribution is 6.00. The van der Waals surface area contributed by atoms with Crippen molar-refractivity contribution in [2.75, 3.05) is 6.61 Å². The maximum atomic E-state index is 12.9. The number of hydrogen-bond donors (Lipinski definition) is 2. The lowest BCUT2D eigenvalue weighted by Gasteiger charge is -2.25. The Morgan fingerprint density at radius 1 is 0.881 bits per heavy atom. The molecule has 0 aliphatic rings. The topological polar surface area (TPSA) is 103 Å². The van der Waals surface area contributed by atoms with E-state index >= 15 is 0 Å². The van der Waals surface area contributed by atoms with Gasteiger partial charge in [-0.25, -0.2) is 9.59 Å². The minimum Gasteiger partial charge on any atom is -0.462 e. The molecule has 3 aromatic rings. The van der Waals surface area contributed by atoms with Crippen LogP contribution < -0.4 is 15.4 Å². The fourth-order valence-electron chi connectivity index (χ4n) is 3.90. The molecular formula is C31H35F3N2O6. The Bertz CT molecular complexity index is 1410. The van der Waals surface area contributed by atoms with Crippen LogP contribution in [-0.2, 0) is 20.4 Å². The fraction of sp³-hybridized carbons (Fsp3) is 0.387. The van der Waals surface area contributed by atoms with Crippen LogP contribution >= 0.6 is 0 Å². The second kappa shape index (κ2) is 13.1. The standard InChI is InChI=1S/C31H35F3N2O6/c1-18(2)26(36-29(39)42-30(4,5)6)28(38)40-17-19(3)35-27(37)21-10-15-24-20(16-21)8-7-9-25(24)41-23-13-11-22(12-14-23)31(32,33)34/h7-16,18-19,26H,17H2,1-6H3,(H,35,37)(H,36,39)/t19-,26+/m1/s1. The number of carbonyl (C=O) groups excluding carboxylic acids is 3. The predicted octanol–water partition coefficient (Wildman–Crippen LogP) is 6.86. The van der Waals surface area contributed by atoms with Crippen LogP contribution in [0.25, 0.3) is 10.8 Å². The highest BCUT2D eigenvalue weighted by atomic mass is 19.4. The second-order valence-corrected chi connectivity index (χ2v) is 11.2. The van der Waals surface area contributed by atoms with Gasteiger partial charge in [0.15, 0.2) is 0 Å². The third-order valence-electron chi connectivity index (χ3n) is 5.96. The van der Waals surface area contributed by atoms with Gasteiger partial charge in [0.2, 0.25) is 0 Å². The summed E-state index contributed by atoms with van der Waals surface area (Å²) in [5.41, 5.74) is -1.15. The maximum Gasteiger partial charge on any atom is 0.416 e. The molecule has 0 heterocycles. The van der Waals surface area contributed by atoms with Gasteiger partial charge < -0.3 is 24.8 Å². The van der Waals surface area contributed by atoms with Crippen LogP contribution in [0.4, 0.5) is 18.0 Å². The number of fused-ring (bicyclic) bond motifs is 1. The average molecular weight is 589 g/mol. The normalized spacial score (nSPS) is 13.3. The molecular weight excluding hydrogens is 553 g/mol. The van der Waals surface area contributed by atoms with Gasteiger partial charge in [-0.05, 0) is 87.5 Å². The quantitative estimate of drug-likeness (QED) is 0.265. The van der Waals surface area contributed by atoms with E-state index in [2.05, 4.69) is 10.6 Å². The number of rotatable bonds is 9. The molecule has 11 heteroatoms. The first-order chi connectivity index (χ1) is 19.5. The van der Waals surface area contributed by atoms with Crippen molar-refractivity contribution >= 4 is 28.7 Å². The summed E-state index contributed by atoms with van der Waals surface area (Å²) in [6, 6.07) is 13.0. The van der Waals surface area contributed by atoms with Gasteiger partial charge in [0.05, 0.1) is 11.6 Å². The lowest BCUT2D eigenvalue weighted by atomic mass is 10.0. The zero-order chi connectivity index (χ0) is 31.2. The number of ether oxygens (including phenoxy) is 3. The van der Waals surface area contributed by atoms with E-state index in [-0.39, 0.29) is 18.3 Å². The van der Waals surface area contributed by atoms with E-state index in [0.717, 1.165) is 12.1 Å². The molecule has 0 fully saturated rings. The summed E-state index contributed by atoms with van der Waals surface area (Å²) in [7, 11) is 0. The molecule has 0 spiro atoms. The van der Waals surface area contributed by atoms with Gasteiger partial charge in [-0.15, -0.1) is 0 Å². The molecule has 2 atom stereocenters. The van der Waals surface area contributed by atoms with Crippen LogP contribution in [0.2, 0.25) is 0 Å². The van der Waals surface area contributed by atoms with E-state index in [1.165, 1.54) is 12.1 Å². The van der Waals surface area contributed by atoms with Crippen molar-refractivity contribution in [1.82, 2.24) is 10.6 Å². The van der Waals surface area contributed by atoms with Crippen LogP contribution in [0.3, 0.4) is 0 Å². The Kier molecular flexibility index (Phi) is 10.1. The molecule has 2 N–H and O–H groups in total. The van der Waals surface area contributed by atoms with Crippen molar-refractivity contribution in [2.24, 2.45) is 5.92 Å². The minimum atomic E-state index is -4.44. The van der Waals surface area contributed by atoms with Crippen molar-refractivity contribution in [1.29, 1.82) is 0 Å². The number of alkyl halides is 3. The lowest BCUT2D eigenvalue weighted by Crippen LogP contribution is -2.48. The summed E-state index contributed by atoms with van der Waals surface area (Å²) in [5.74, 6) is -0.661. The van der Waals surface area contributed by atoms with Gasteiger partial charge in [-0.2, -0.15) is 13.2 Å². The van der Waals surface area contributed by atoms with Gasteiger partial charge in [0, 0.05) is 10.9 Å². The Morgan fingerprint density at radius 2 is 1.55 bits per heavy atom. The average Bonchev–Trinajstić information content (AvgIpc) is 2.89. The zero-order valence-corrected chi connectivity index (χ0v) is 24.3. The molecule has 42 heavy (non-hydrogen) atoms. The molecule has 0 unspecified atom stereocenters. The lowest BCUT2D eigenvalue weighted by molar-refractivity contribution is -0.148. The molecule has 226 valence electrons. The number of benzene rings is 3. The van der Waals surface area contributed by atoms with Gasteiger partial charge >= 0.3 is 18.2 Å². The third kappa shape index (κ3) is 9.12. The van der Waals surface area contributed by atoms with Crippen molar-refractivity contribution < 1.29 is 41.8 Å². The van der Waals surface area contributed by atoms with Gasteiger partial charge in [0.1, 0.15) is 29.7 Å². The van der Waals surface area contributed by atoms with Gasteiger partial charge in [-0.1, -0.05) is 26.0 Å². The summed E-state index contributed by atoms with van der Waals surface area (Å²) in [4.78, 5) is 37.7. The number of alkyl carbamates (subject to hydrolysis) is 1. The molecule has 0 aliphatic carbocycles. The smallest absolute Gasteiger partial charge is 0.416 e. The van der Waals surface area contributed by atoms with Crippen molar-refractivity contribution in [3.63, 3.8) is 0 Å². The van der Waals surface area contributed by atoms with E-state index < -0.39 is 47.4 Å². The van der Waals surface area contributed by atoms with Crippen LogP contribution in [0, 0.1) is 5.92 Å². The Hall–Kier alpha value is -4.28. The second-order valence-electron chi connectivity index (χ2n) is 11.2. The molecule has 0 bridgehead atoms. The highest BCUT2D eigenvalue weighted by Crippen LogP contribution is 2.33. The number of esters is 1. The zero-order valence-electron chi connectivity index (χ0n) is 24.3. The van der Waals surface area contributed by atoms with E-state index in [9.17, 15) is 27.6 Å². The highest BCUT2D eigenvalue weighted by Gasteiger charge is 2.30. The molecule has 0 saturated carbocycles. The van der Waals surface area contributed by atoms with Gasteiger partial charge in [-0.3, -0.25) is 4.79 Å². The molecule has 0 saturated heterocycles. The number of nitrogens with one attached hydrogen (secondary N) is 2. The molecule has 0 aromatic heterocycles.